The second kappa shape index (κ2) is 6.32. The summed E-state index contributed by atoms with van der Waals surface area (Å²) in [6, 6.07) is 4.28. The van der Waals surface area contributed by atoms with E-state index in [2.05, 4.69) is 0 Å². The van der Waals surface area contributed by atoms with Crippen molar-refractivity contribution in [1.82, 2.24) is 4.31 Å². The molecule has 0 aliphatic carbocycles. The van der Waals surface area contributed by atoms with Gasteiger partial charge in [0.2, 0.25) is 0 Å². The zero-order valence-corrected chi connectivity index (χ0v) is 14.0. The largest absolute Gasteiger partial charge is 0.511 e. The fourth-order valence-electron chi connectivity index (χ4n) is 2.91. The van der Waals surface area contributed by atoms with Gasteiger partial charge in [0, 0.05) is 6.54 Å². The van der Waals surface area contributed by atoms with Gasteiger partial charge in [-0.3, -0.25) is 0 Å². The normalized spacial score (nSPS) is 20.2. The number of sulfonamides is 1. The van der Waals surface area contributed by atoms with Crippen LogP contribution in [0.1, 0.15) is 49.8 Å². The minimum Gasteiger partial charge on any atom is -0.496 e. The first-order valence-electron chi connectivity index (χ1n) is 7.35. The maximum Gasteiger partial charge on any atom is 0.511 e. The van der Waals surface area contributed by atoms with Gasteiger partial charge in [0.15, 0.2) is 0 Å². The molecule has 2 rings (SSSR count). The molecule has 4 nitrogen and oxygen atoms in total. The van der Waals surface area contributed by atoms with Crippen molar-refractivity contribution in [1.29, 1.82) is 0 Å². The number of ether oxygens (including phenoxy) is 1. The van der Waals surface area contributed by atoms with Gasteiger partial charge >= 0.3 is 15.5 Å². The topological polar surface area (TPSA) is 46.6 Å². The first kappa shape index (κ1) is 18.1. The van der Waals surface area contributed by atoms with E-state index < -0.39 is 21.6 Å². The quantitative estimate of drug-likeness (QED) is 0.829. The summed E-state index contributed by atoms with van der Waals surface area (Å²) in [6.07, 6.45) is 0.780. The smallest absolute Gasteiger partial charge is 0.496 e. The minimum absolute atomic E-state index is 0.110. The Bertz CT molecular complexity index is 671. The molecule has 0 radical (unpaired) electrons. The highest BCUT2D eigenvalue weighted by Crippen LogP contribution is 2.41. The predicted molar refractivity (Wildman–Crippen MR) is 80.7 cm³/mol. The van der Waals surface area contributed by atoms with Gasteiger partial charge in [-0.05, 0) is 36.0 Å². The number of methoxy groups -OCH3 is 1. The molecule has 23 heavy (non-hydrogen) atoms. The summed E-state index contributed by atoms with van der Waals surface area (Å²) in [5, 5.41) is 0. The monoisotopic (exact) mass is 351 g/mol. The number of alkyl halides is 3. The van der Waals surface area contributed by atoms with Crippen molar-refractivity contribution in [2.45, 2.75) is 44.2 Å². The second-order valence-corrected chi connectivity index (χ2v) is 7.76. The van der Waals surface area contributed by atoms with Crippen LogP contribution in [0.15, 0.2) is 18.2 Å². The molecular formula is C15H20F3NO3S. The van der Waals surface area contributed by atoms with E-state index in [9.17, 15) is 21.6 Å². The Balaban J connectivity index is 2.43. The zero-order valence-electron chi connectivity index (χ0n) is 13.2. The number of nitrogens with zero attached hydrogens (tertiary/aromatic N) is 1. The van der Waals surface area contributed by atoms with Crippen LogP contribution in [-0.4, -0.2) is 31.9 Å². The maximum absolute atomic E-state index is 12.9. The van der Waals surface area contributed by atoms with E-state index in [1.165, 1.54) is 7.11 Å². The van der Waals surface area contributed by atoms with Gasteiger partial charge in [-0.2, -0.15) is 17.5 Å². The van der Waals surface area contributed by atoms with E-state index in [1.807, 2.05) is 13.8 Å². The Kier molecular flexibility index (Phi) is 4.96. The number of hydrogen-bond donors (Lipinski definition) is 0. The first-order valence-corrected chi connectivity index (χ1v) is 8.79. The van der Waals surface area contributed by atoms with Crippen molar-refractivity contribution in [2.24, 2.45) is 0 Å². The molecule has 1 atom stereocenters. The standard InChI is InChI=1S/C15H20F3NO3S/c1-10(2)12-9-11(6-7-14(12)22-3)13-5-4-8-19(13)23(20,21)15(16,17)18/h6-7,9-10,13H,4-5,8H2,1-3H3/t13-/m0/s1. The lowest BCUT2D eigenvalue weighted by atomic mass is 9.96. The van der Waals surface area contributed by atoms with Crippen molar-refractivity contribution in [2.75, 3.05) is 13.7 Å². The van der Waals surface area contributed by atoms with Crippen LogP contribution < -0.4 is 4.74 Å². The molecule has 1 aromatic carbocycles. The number of benzene rings is 1. The molecule has 1 aromatic rings. The summed E-state index contributed by atoms with van der Waals surface area (Å²) >= 11 is 0. The first-order chi connectivity index (χ1) is 10.6. The van der Waals surface area contributed by atoms with Crippen LogP contribution in [0, 0.1) is 0 Å². The maximum atomic E-state index is 12.9. The van der Waals surface area contributed by atoms with Gasteiger partial charge in [-0.1, -0.05) is 26.0 Å². The summed E-state index contributed by atoms with van der Waals surface area (Å²) in [6.45, 7) is 3.77. The summed E-state index contributed by atoms with van der Waals surface area (Å²) in [5.74, 6) is 0.756. The van der Waals surface area contributed by atoms with Crippen molar-refractivity contribution in [3.63, 3.8) is 0 Å². The Morgan fingerprint density at radius 3 is 2.48 bits per heavy atom. The highest BCUT2D eigenvalue weighted by molar-refractivity contribution is 7.90. The fourth-order valence-corrected chi connectivity index (χ4v) is 4.10. The van der Waals surface area contributed by atoms with E-state index in [-0.39, 0.29) is 12.5 Å². The Morgan fingerprint density at radius 1 is 1.30 bits per heavy atom. The van der Waals surface area contributed by atoms with Crippen molar-refractivity contribution < 1.29 is 26.3 Å². The molecule has 1 saturated heterocycles. The SMILES string of the molecule is COc1ccc([C@@H]2CCCN2S(=O)(=O)C(F)(F)F)cc1C(C)C. The van der Waals surface area contributed by atoms with Crippen molar-refractivity contribution in [3.05, 3.63) is 29.3 Å². The van der Waals surface area contributed by atoms with E-state index in [0.29, 0.717) is 28.5 Å². The van der Waals surface area contributed by atoms with Crippen LogP contribution in [0.5, 0.6) is 5.75 Å². The van der Waals surface area contributed by atoms with Crippen LogP contribution in [-0.2, 0) is 10.0 Å². The second-order valence-electron chi connectivity index (χ2n) is 5.88. The third kappa shape index (κ3) is 3.33. The molecule has 0 N–H and O–H groups in total. The van der Waals surface area contributed by atoms with Crippen molar-refractivity contribution >= 4 is 10.0 Å². The Labute approximate surface area is 134 Å². The molecule has 0 unspecified atom stereocenters. The van der Waals surface area contributed by atoms with E-state index in [4.69, 9.17) is 4.74 Å². The molecule has 1 aliphatic heterocycles. The zero-order chi connectivity index (χ0) is 17.4. The van der Waals surface area contributed by atoms with Gasteiger partial charge in [-0.15, -0.1) is 0 Å². The van der Waals surface area contributed by atoms with Crippen LogP contribution in [0.2, 0.25) is 0 Å². The molecule has 1 heterocycles. The van der Waals surface area contributed by atoms with Gasteiger partial charge in [0.05, 0.1) is 13.2 Å². The third-order valence-corrected chi connectivity index (χ3v) is 5.70. The number of hydrogen-bond acceptors (Lipinski definition) is 3. The average molecular weight is 351 g/mol. The molecule has 130 valence electrons. The summed E-state index contributed by atoms with van der Waals surface area (Å²) in [4.78, 5) is 0. The molecule has 0 bridgehead atoms. The van der Waals surface area contributed by atoms with E-state index in [0.717, 1.165) is 5.56 Å². The summed E-state index contributed by atoms with van der Waals surface area (Å²) < 4.78 is 67.9. The van der Waals surface area contributed by atoms with Gasteiger partial charge in [0.1, 0.15) is 5.75 Å². The van der Waals surface area contributed by atoms with Crippen LogP contribution >= 0.6 is 0 Å². The van der Waals surface area contributed by atoms with Gasteiger partial charge in [0.25, 0.3) is 0 Å². The third-order valence-electron chi connectivity index (χ3n) is 4.07. The lowest BCUT2D eigenvalue weighted by Gasteiger charge is -2.26. The van der Waals surface area contributed by atoms with E-state index >= 15 is 0 Å². The summed E-state index contributed by atoms with van der Waals surface area (Å²) in [7, 11) is -3.80. The molecule has 1 aliphatic rings. The van der Waals surface area contributed by atoms with Crippen LogP contribution in [0.25, 0.3) is 0 Å². The molecule has 0 amide bonds. The number of rotatable bonds is 4. The van der Waals surface area contributed by atoms with Gasteiger partial charge in [-0.25, -0.2) is 8.42 Å². The lowest BCUT2D eigenvalue weighted by Crippen LogP contribution is -2.40. The molecule has 0 saturated carbocycles. The highest BCUT2D eigenvalue weighted by Gasteiger charge is 2.53. The molecule has 8 heteroatoms. The van der Waals surface area contributed by atoms with Crippen molar-refractivity contribution in [3.8, 4) is 5.75 Å². The number of halogens is 3. The Hall–Kier alpha value is -1.28. The van der Waals surface area contributed by atoms with E-state index in [1.54, 1.807) is 18.2 Å². The predicted octanol–water partition coefficient (Wildman–Crippen LogP) is 3.81. The minimum atomic E-state index is -5.32. The molecule has 1 fully saturated rings. The molecule has 0 spiro atoms. The molecular weight excluding hydrogens is 331 g/mol. The molecule has 0 aromatic heterocycles. The summed E-state index contributed by atoms with van der Waals surface area (Å²) in [5.41, 5.74) is -3.86. The van der Waals surface area contributed by atoms with Crippen LogP contribution in [0.4, 0.5) is 13.2 Å². The fraction of sp³-hybridized carbons (Fsp3) is 0.600. The average Bonchev–Trinajstić information content (AvgIpc) is 2.95. The van der Waals surface area contributed by atoms with Crippen LogP contribution in [0.3, 0.4) is 0 Å². The van der Waals surface area contributed by atoms with Gasteiger partial charge < -0.3 is 4.74 Å². The Morgan fingerprint density at radius 2 is 1.96 bits per heavy atom. The lowest BCUT2D eigenvalue weighted by molar-refractivity contribution is -0.0493. The highest BCUT2D eigenvalue weighted by atomic mass is 32.2.